The summed E-state index contributed by atoms with van der Waals surface area (Å²) in [5.74, 6) is 0. The Labute approximate surface area is 109 Å². The topological polar surface area (TPSA) is 31.4 Å². The summed E-state index contributed by atoms with van der Waals surface area (Å²) in [6.45, 7) is 14.2. The molecule has 17 heavy (non-hydrogen) atoms. The van der Waals surface area contributed by atoms with Gasteiger partial charge in [-0.2, -0.15) is 0 Å². The van der Waals surface area contributed by atoms with E-state index in [9.17, 15) is 0 Å². The molecule has 1 aliphatic heterocycles. The van der Waals surface area contributed by atoms with Crippen molar-refractivity contribution in [3.8, 4) is 0 Å². The third kappa shape index (κ3) is 2.90. The first-order chi connectivity index (χ1) is 7.82. The predicted octanol–water partition coefficient (Wildman–Crippen LogP) is 2.78. The van der Waals surface area contributed by atoms with E-state index in [1.165, 1.54) is 0 Å². The number of nitrogens with zero attached hydrogens (tertiary/aromatic N) is 1. The molecule has 0 spiro atoms. The maximum atomic E-state index is 5.91. The molecule has 1 aliphatic rings. The molecule has 3 nitrogen and oxygen atoms in total. The molecule has 0 amide bonds. The highest BCUT2D eigenvalue weighted by atomic mass is 32.1. The van der Waals surface area contributed by atoms with Crippen molar-refractivity contribution in [3.63, 3.8) is 0 Å². The first kappa shape index (κ1) is 14.7. The van der Waals surface area contributed by atoms with Crippen molar-refractivity contribution in [1.29, 1.82) is 0 Å². The summed E-state index contributed by atoms with van der Waals surface area (Å²) in [7, 11) is -0.263. The second kappa shape index (κ2) is 5.08. The van der Waals surface area contributed by atoms with Crippen molar-refractivity contribution in [2.45, 2.75) is 59.7 Å². The van der Waals surface area contributed by atoms with Crippen LogP contribution in [0.2, 0.25) is 0 Å². The van der Waals surface area contributed by atoms with Crippen molar-refractivity contribution in [2.75, 3.05) is 0 Å². The van der Waals surface area contributed by atoms with Crippen LogP contribution >= 0.6 is 11.3 Å². The lowest BCUT2D eigenvalue weighted by atomic mass is 9.89. The summed E-state index contributed by atoms with van der Waals surface area (Å²) in [6, 6.07) is 0. The molecule has 0 aromatic carbocycles. The Bertz CT molecular complexity index is 360. The molecular weight excluding hydrogens is 233 g/mol. The minimum atomic E-state index is -0.268. The Morgan fingerprint density at radius 2 is 1.59 bits per heavy atom. The highest BCUT2D eigenvalue weighted by Gasteiger charge is 2.52. The summed E-state index contributed by atoms with van der Waals surface area (Å²) in [6.07, 6.45) is 1.84. The van der Waals surface area contributed by atoms with Crippen molar-refractivity contribution in [3.05, 3.63) is 11.2 Å². The normalized spacial score (nSPS) is 21.0. The SMILES string of the molecule is CC.Cc1ncc(B2OC(C)(C)C(C)(C)O2)s1. The van der Waals surface area contributed by atoms with Gasteiger partial charge >= 0.3 is 7.12 Å². The van der Waals surface area contributed by atoms with Gasteiger partial charge in [-0.1, -0.05) is 13.8 Å². The fourth-order valence-electron chi connectivity index (χ4n) is 1.45. The molecule has 5 heteroatoms. The van der Waals surface area contributed by atoms with Gasteiger partial charge < -0.3 is 9.31 Å². The van der Waals surface area contributed by atoms with Crippen LogP contribution in [0.4, 0.5) is 0 Å². The number of aryl methyl sites for hydroxylation is 1. The fourth-order valence-corrected chi connectivity index (χ4v) is 2.19. The summed E-state index contributed by atoms with van der Waals surface area (Å²) >= 11 is 1.63. The second-order valence-electron chi connectivity index (χ2n) is 4.87. The van der Waals surface area contributed by atoms with E-state index >= 15 is 0 Å². The lowest BCUT2D eigenvalue weighted by molar-refractivity contribution is 0.00578. The van der Waals surface area contributed by atoms with Crippen molar-refractivity contribution in [1.82, 2.24) is 4.98 Å². The molecule has 2 heterocycles. The van der Waals surface area contributed by atoms with Gasteiger partial charge in [-0.3, -0.25) is 4.98 Å². The number of rotatable bonds is 1. The summed E-state index contributed by atoms with van der Waals surface area (Å²) in [4.78, 5) is 4.22. The Morgan fingerprint density at radius 1 is 1.12 bits per heavy atom. The van der Waals surface area contributed by atoms with Gasteiger partial charge in [0.05, 0.1) is 21.0 Å². The summed E-state index contributed by atoms with van der Waals surface area (Å²) in [5.41, 5.74) is -0.537. The van der Waals surface area contributed by atoms with Crippen LogP contribution in [0.3, 0.4) is 0 Å². The lowest BCUT2D eigenvalue weighted by Gasteiger charge is -2.32. The molecule has 0 aliphatic carbocycles. The van der Waals surface area contributed by atoms with Gasteiger partial charge in [0, 0.05) is 6.20 Å². The maximum absolute atomic E-state index is 5.91. The van der Waals surface area contributed by atoms with Gasteiger partial charge in [0.2, 0.25) is 0 Å². The molecule has 0 saturated carbocycles. The third-order valence-electron chi connectivity index (χ3n) is 3.12. The first-order valence-corrected chi connectivity index (χ1v) is 6.91. The van der Waals surface area contributed by atoms with Crippen LogP contribution < -0.4 is 4.78 Å². The zero-order valence-corrected chi connectivity index (χ0v) is 12.6. The third-order valence-corrected chi connectivity index (χ3v) is 4.06. The van der Waals surface area contributed by atoms with Gasteiger partial charge in [-0.15, -0.1) is 11.3 Å². The highest BCUT2D eigenvalue weighted by molar-refractivity contribution is 7.22. The lowest BCUT2D eigenvalue weighted by Crippen LogP contribution is -2.41. The van der Waals surface area contributed by atoms with Crippen molar-refractivity contribution in [2.24, 2.45) is 0 Å². The zero-order valence-electron chi connectivity index (χ0n) is 11.8. The minimum absolute atomic E-state index is 0.263. The summed E-state index contributed by atoms with van der Waals surface area (Å²) in [5, 5.41) is 1.04. The molecule has 2 rings (SSSR count). The summed E-state index contributed by atoms with van der Waals surface area (Å²) < 4.78 is 12.9. The highest BCUT2D eigenvalue weighted by Crippen LogP contribution is 2.36. The van der Waals surface area contributed by atoms with Gasteiger partial charge in [-0.05, 0) is 34.6 Å². The predicted molar refractivity (Wildman–Crippen MR) is 73.9 cm³/mol. The average molecular weight is 255 g/mol. The maximum Gasteiger partial charge on any atom is 0.507 e. The molecule has 1 aromatic heterocycles. The van der Waals surface area contributed by atoms with E-state index in [-0.39, 0.29) is 18.3 Å². The quantitative estimate of drug-likeness (QED) is 0.723. The Hall–Kier alpha value is -0.385. The molecule has 0 radical (unpaired) electrons. The van der Waals surface area contributed by atoms with Crippen molar-refractivity contribution < 1.29 is 9.31 Å². The molecule has 0 unspecified atom stereocenters. The average Bonchev–Trinajstić information content (AvgIpc) is 2.73. The standard InChI is InChI=1S/C10H16BNO2S.C2H6/c1-7-12-6-8(15-7)11-13-9(2,3)10(4,5)14-11;1-2/h6H,1-5H3;1-2H3. The molecule has 1 fully saturated rings. The van der Waals surface area contributed by atoms with E-state index in [1.807, 2.05) is 27.0 Å². The van der Waals surface area contributed by atoms with Crippen LogP contribution in [0.15, 0.2) is 6.20 Å². The van der Waals surface area contributed by atoms with Gasteiger partial charge in [0.15, 0.2) is 0 Å². The second-order valence-corrected chi connectivity index (χ2v) is 6.14. The first-order valence-electron chi connectivity index (χ1n) is 6.10. The van der Waals surface area contributed by atoms with E-state index < -0.39 is 0 Å². The Kier molecular flexibility index (Phi) is 4.39. The van der Waals surface area contributed by atoms with Crippen LogP contribution in [-0.2, 0) is 9.31 Å². The smallest absolute Gasteiger partial charge is 0.399 e. The number of hydrogen-bond donors (Lipinski definition) is 0. The van der Waals surface area contributed by atoms with Gasteiger partial charge in [-0.25, -0.2) is 0 Å². The van der Waals surface area contributed by atoms with Crippen LogP contribution in [0.5, 0.6) is 0 Å². The largest absolute Gasteiger partial charge is 0.507 e. The minimum Gasteiger partial charge on any atom is -0.399 e. The van der Waals surface area contributed by atoms with Crippen LogP contribution in [-0.4, -0.2) is 23.3 Å². The molecular formula is C12H22BNO2S. The number of aromatic nitrogens is 1. The van der Waals surface area contributed by atoms with E-state index in [0.29, 0.717) is 0 Å². The number of hydrogen-bond acceptors (Lipinski definition) is 4. The number of thiazole rings is 1. The van der Waals surface area contributed by atoms with Gasteiger partial charge in [0.1, 0.15) is 0 Å². The van der Waals surface area contributed by atoms with Gasteiger partial charge in [0.25, 0.3) is 0 Å². The fraction of sp³-hybridized carbons (Fsp3) is 0.750. The van der Waals surface area contributed by atoms with Crippen molar-refractivity contribution >= 4 is 23.2 Å². The Morgan fingerprint density at radius 3 is 1.94 bits per heavy atom. The molecule has 0 bridgehead atoms. The molecule has 1 saturated heterocycles. The van der Waals surface area contributed by atoms with E-state index in [2.05, 4.69) is 32.7 Å². The molecule has 1 aromatic rings. The Balaban J connectivity index is 0.000000686. The van der Waals surface area contributed by atoms with Crippen LogP contribution in [0, 0.1) is 6.92 Å². The monoisotopic (exact) mass is 255 g/mol. The van der Waals surface area contributed by atoms with Crippen LogP contribution in [0.25, 0.3) is 0 Å². The van der Waals surface area contributed by atoms with Crippen LogP contribution in [0.1, 0.15) is 46.6 Å². The zero-order chi connectivity index (χ0) is 13.3. The van der Waals surface area contributed by atoms with E-state index in [4.69, 9.17) is 9.31 Å². The molecule has 0 atom stereocenters. The molecule has 0 N–H and O–H groups in total. The van der Waals surface area contributed by atoms with E-state index in [1.54, 1.807) is 11.3 Å². The molecule has 96 valence electrons. The van der Waals surface area contributed by atoms with E-state index in [0.717, 1.165) is 9.78 Å².